The van der Waals surface area contributed by atoms with E-state index in [0.29, 0.717) is 0 Å². The summed E-state index contributed by atoms with van der Waals surface area (Å²) in [7, 11) is 2.20. The number of hydrogen-bond acceptors (Lipinski definition) is 3. The van der Waals surface area contributed by atoms with Gasteiger partial charge in [-0.05, 0) is 37.8 Å². The summed E-state index contributed by atoms with van der Waals surface area (Å²) < 4.78 is 0. The van der Waals surface area contributed by atoms with Gasteiger partial charge in [-0.3, -0.25) is 4.90 Å². The largest absolute Gasteiger partial charge is 0.329 e. The Morgan fingerprint density at radius 1 is 1.38 bits per heavy atom. The van der Waals surface area contributed by atoms with Gasteiger partial charge >= 0.3 is 0 Å². The number of rotatable bonds is 7. The topological polar surface area (TPSA) is 29.3 Å². The van der Waals surface area contributed by atoms with Gasteiger partial charge in [-0.1, -0.05) is 19.9 Å². The van der Waals surface area contributed by atoms with Crippen LogP contribution in [0.15, 0.2) is 17.5 Å². The molecule has 0 aromatic carbocycles. The molecule has 0 amide bonds. The Labute approximate surface area is 103 Å². The molecule has 1 heterocycles. The third-order valence-electron chi connectivity index (χ3n) is 3.78. The van der Waals surface area contributed by atoms with E-state index in [2.05, 4.69) is 43.3 Å². The van der Waals surface area contributed by atoms with Crippen LogP contribution in [-0.2, 0) is 6.42 Å². The lowest BCUT2D eigenvalue weighted by Gasteiger charge is -2.40. The molecule has 0 unspecified atom stereocenters. The Kier molecular flexibility index (Phi) is 5.46. The summed E-state index contributed by atoms with van der Waals surface area (Å²) in [5.41, 5.74) is 6.13. The number of likely N-dealkylation sites (N-methyl/N-ethyl adjacent to an activating group) is 1. The smallest absolute Gasteiger partial charge is 0.0323 e. The van der Waals surface area contributed by atoms with Crippen LogP contribution < -0.4 is 5.73 Å². The molecule has 1 rings (SSSR count). The molecule has 0 aliphatic heterocycles. The van der Waals surface area contributed by atoms with Crippen molar-refractivity contribution in [2.24, 2.45) is 5.73 Å². The monoisotopic (exact) mass is 240 g/mol. The molecule has 0 aliphatic rings. The zero-order valence-electron chi connectivity index (χ0n) is 10.7. The van der Waals surface area contributed by atoms with E-state index in [1.807, 2.05) is 11.3 Å². The first kappa shape index (κ1) is 13.7. The van der Waals surface area contributed by atoms with E-state index < -0.39 is 0 Å². The van der Waals surface area contributed by atoms with Crippen LogP contribution in [0.5, 0.6) is 0 Å². The first-order valence-corrected chi connectivity index (χ1v) is 7.00. The van der Waals surface area contributed by atoms with Crippen LogP contribution in [0.25, 0.3) is 0 Å². The molecule has 0 aliphatic carbocycles. The molecule has 0 saturated heterocycles. The summed E-state index contributed by atoms with van der Waals surface area (Å²) in [5, 5.41) is 2.14. The van der Waals surface area contributed by atoms with E-state index in [1.54, 1.807) is 0 Å². The highest BCUT2D eigenvalue weighted by molar-refractivity contribution is 7.09. The third-order valence-corrected chi connectivity index (χ3v) is 4.72. The lowest BCUT2D eigenvalue weighted by atomic mass is 9.91. The van der Waals surface area contributed by atoms with Gasteiger partial charge in [0.25, 0.3) is 0 Å². The maximum absolute atomic E-state index is 5.94. The Morgan fingerprint density at radius 2 is 2.06 bits per heavy atom. The lowest BCUT2D eigenvalue weighted by molar-refractivity contribution is 0.117. The van der Waals surface area contributed by atoms with E-state index in [1.165, 1.54) is 4.88 Å². The van der Waals surface area contributed by atoms with E-state index in [9.17, 15) is 0 Å². The number of nitrogens with zero attached hydrogens (tertiary/aromatic N) is 1. The highest BCUT2D eigenvalue weighted by Gasteiger charge is 2.28. The van der Waals surface area contributed by atoms with Crippen molar-refractivity contribution in [1.29, 1.82) is 0 Å². The van der Waals surface area contributed by atoms with Crippen LogP contribution in [0.4, 0.5) is 0 Å². The van der Waals surface area contributed by atoms with E-state index in [0.717, 1.165) is 32.4 Å². The van der Waals surface area contributed by atoms with Gasteiger partial charge < -0.3 is 5.73 Å². The van der Waals surface area contributed by atoms with Crippen LogP contribution in [-0.4, -0.2) is 30.6 Å². The van der Waals surface area contributed by atoms with Crippen LogP contribution in [0.3, 0.4) is 0 Å². The molecular weight excluding hydrogens is 216 g/mol. The standard InChI is InChI=1S/C13H24N2S/c1-4-13(5-2,11-14)15(3)9-8-12-7-6-10-16-12/h6-7,10H,4-5,8-9,11,14H2,1-3H3. The highest BCUT2D eigenvalue weighted by atomic mass is 32.1. The normalized spacial score (nSPS) is 12.3. The summed E-state index contributed by atoms with van der Waals surface area (Å²) in [6, 6.07) is 4.33. The summed E-state index contributed by atoms with van der Waals surface area (Å²) in [4.78, 5) is 3.90. The molecule has 0 spiro atoms. The van der Waals surface area contributed by atoms with E-state index in [-0.39, 0.29) is 5.54 Å². The average molecular weight is 240 g/mol. The Morgan fingerprint density at radius 3 is 2.50 bits per heavy atom. The van der Waals surface area contributed by atoms with Gasteiger partial charge in [0.1, 0.15) is 0 Å². The maximum atomic E-state index is 5.94. The predicted octanol–water partition coefficient (Wildman–Crippen LogP) is 2.74. The molecular formula is C13H24N2S. The van der Waals surface area contributed by atoms with Crippen LogP contribution in [0, 0.1) is 0 Å². The molecule has 1 aromatic heterocycles. The van der Waals surface area contributed by atoms with Crippen molar-refractivity contribution in [2.45, 2.75) is 38.6 Å². The molecule has 16 heavy (non-hydrogen) atoms. The first-order chi connectivity index (χ1) is 7.68. The van der Waals surface area contributed by atoms with Gasteiger partial charge in [0.05, 0.1) is 0 Å². The van der Waals surface area contributed by atoms with Crippen molar-refractivity contribution in [1.82, 2.24) is 4.90 Å². The Hall–Kier alpha value is -0.380. The third kappa shape index (κ3) is 3.06. The van der Waals surface area contributed by atoms with Crippen molar-refractivity contribution in [3.05, 3.63) is 22.4 Å². The highest BCUT2D eigenvalue weighted by Crippen LogP contribution is 2.22. The fourth-order valence-corrected chi connectivity index (χ4v) is 2.90. The summed E-state index contributed by atoms with van der Waals surface area (Å²) in [6.45, 7) is 6.32. The minimum Gasteiger partial charge on any atom is -0.329 e. The summed E-state index contributed by atoms with van der Waals surface area (Å²) in [6.07, 6.45) is 3.39. The fraction of sp³-hybridized carbons (Fsp3) is 0.692. The molecule has 0 bridgehead atoms. The van der Waals surface area contributed by atoms with E-state index in [4.69, 9.17) is 5.73 Å². The molecule has 2 N–H and O–H groups in total. The molecule has 2 nitrogen and oxygen atoms in total. The van der Waals surface area contributed by atoms with Crippen LogP contribution in [0.1, 0.15) is 31.6 Å². The van der Waals surface area contributed by atoms with Crippen molar-refractivity contribution < 1.29 is 0 Å². The second-order valence-electron chi connectivity index (χ2n) is 4.39. The van der Waals surface area contributed by atoms with Crippen molar-refractivity contribution in [3.8, 4) is 0 Å². The summed E-state index contributed by atoms with van der Waals surface area (Å²) in [5.74, 6) is 0. The van der Waals surface area contributed by atoms with Crippen LogP contribution in [0.2, 0.25) is 0 Å². The van der Waals surface area contributed by atoms with E-state index >= 15 is 0 Å². The summed E-state index contributed by atoms with van der Waals surface area (Å²) >= 11 is 1.84. The Bertz CT molecular complexity index is 270. The maximum Gasteiger partial charge on any atom is 0.0323 e. The first-order valence-electron chi connectivity index (χ1n) is 6.12. The van der Waals surface area contributed by atoms with Gasteiger partial charge in [-0.2, -0.15) is 0 Å². The average Bonchev–Trinajstić information content (AvgIpc) is 2.82. The second kappa shape index (κ2) is 6.38. The number of hydrogen-bond donors (Lipinski definition) is 1. The molecule has 92 valence electrons. The number of nitrogens with two attached hydrogens (primary N) is 1. The van der Waals surface area contributed by atoms with Crippen LogP contribution >= 0.6 is 11.3 Å². The molecule has 1 aromatic rings. The van der Waals surface area contributed by atoms with Gasteiger partial charge in [-0.15, -0.1) is 11.3 Å². The van der Waals surface area contributed by atoms with Gasteiger partial charge in [0.15, 0.2) is 0 Å². The quantitative estimate of drug-likeness (QED) is 0.794. The minimum absolute atomic E-state index is 0.192. The van der Waals surface area contributed by atoms with Gasteiger partial charge in [0, 0.05) is 23.5 Å². The van der Waals surface area contributed by atoms with Gasteiger partial charge in [0.2, 0.25) is 0 Å². The Balaban J connectivity index is 2.52. The number of thiophene rings is 1. The minimum atomic E-state index is 0.192. The van der Waals surface area contributed by atoms with Crippen molar-refractivity contribution in [3.63, 3.8) is 0 Å². The predicted molar refractivity (Wildman–Crippen MR) is 73.0 cm³/mol. The zero-order chi connectivity index (χ0) is 12.0. The molecule has 0 fully saturated rings. The molecule has 0 atom stereocenters. The zero-order valence-corrected chi connectivity index (χ0v) is 11.5. The lowest BCUT2D eigenvalue weighted by Crippen LogP contribution is -2.51. The van der Waals surface area contributed by atoms with Crippen molar-refractivity contribution >= 4 is 11.3 Å². The molecule has 3 heteroatoms. The second-order valence-corrected chi connectivity index (χ2v) is 5.42. The molecule has 0 saturated carbocycles. The van der Waals surface area contributed by atoms with Crippen molar-refractivity contribution in [2.75, 3.05) is 20.1 Å². The SMILES string of the molecule is CCC(CC)(CN)N(C)CCc1cccs1. The molecule has 0 radical (unpaired) electrons. The van der Waals surface area contributed by atoms with Gasteiger partial charge in [-0.25, -0.2) is 0 Å². The fourth-order valence-electron chi connectivity index (χ4n) is 2.20.